The van der Waals surface area contributed by atoms with Gasteiger partial charge >= 0.3 is 0 Å². The molecule has 0 bridgehead atoms. The minimum atomic E-state index is -3.62. The average molecular weight is 441 g/mol. The summed E-state index contributed by atoms with van der Waals surface area (Å²) in [5.74, 6) is 0.158. The lowest BCUT2D eigenvalue weighted by atomic mass is 10.1. The zero-order valence-electron chi connectivity index (χ0n) is 16.6. The number of benzene rings is 2. The molecule has 1 aromatic heterocycles. The summed E-state index contributed by atoms with van der Waals surface area (Å²) in [6.45, 7) is 0.0920. The topological polar surface area (TPSA) is 105 Å². The van der Waals surface area contributed by atoms with Gasteiger partial charge in [0, 0.05) is 31.4 Å². The van der Waals surface area contributed by atoms with E-state index in [-0.39, 0.29) is 35.4 Å². The quantitative estimate of drug-likeness (QED) is 0.609. The number of aryl methyl sites for hydroxylation is 1. The van der Waals surface area contributed by atoms with Crippen LogP contribution in [0.25, 0.3) is 0 Å². The first-order chi connectivity index (χ1) is 14.8. The first kappa shape index (κ1) is 20.7. The molecule has 2 N–H and O–H groups in total. The van der Waals surface area contributed by atoms with Crippen LogP contribution in [0.4, 0.5) is 4.39 Å². The Labute approximate surface area is 178 Å². The number of hydrogen-bond acceptors (Lipinski definition) is 5. The SMILES string of the molecule is Cn1ccnc1[C@H](NC(=O)CCN=C1NS(=O)(=O)c2ccccc21)c1ccc(F)cc1. The number of imidazole rings is 1. The average Bonchev–Trinajstić information content (AvgIpc) is 3.28. The second kappa shape index (κ2) is 8.31. The molecule has 0 radical (unpaired) electrons. The van der Waals surface area contributed by atoms with Gasteiger partial charge in [-0.15, -0.1) is 0 Å². The molecule has 1 aliphatic rings. The third kappa shape index (κ3) is 4.33. The summed E-state index contributed by atoms with van der Waals surface area (Å²) < 4.78 is 41.8. The maximum Gasteiger partial charge on any atom is 0.263 e. The smallest absolute Gasteiger partial charge is 0.263 e. The first-order valence-electron chi connectivity index (χ1n) is 9.54. The molecule has 1 aliphatic heterocycles. The molecule has 2 heterocycles. The van der Waals surface area contributed by atoms with Crippen LogP contribution in [0.3, 0.4) is 0 Å². The summed E-state index contributed by atoms with van der Waals surface area (Å²) in [7, 11) is -1.82. The van der Waals surface area contributed by atoms with Crippen molar-refractivity contribution in [1.29, 1.82) is 0 Å². The number of amidine groups is 1. The molecule has 0 aliphatic carbocycles. The van der Waals surface area contributed by atoms with Gasteiger partial charge in [-0.1, -0.05) is 24.3 Å². The second-order valence-corrected chi connectivity index (χ2v) is 8.68. The van der Waals surface area contributed by atoms with Crippen molar-refractivity contribution in [1.82, 2.24) is 19.6 Å². The van der Waals surface area contributed by atoms with Gasteiger partial charge in [0.1, 0.15) is 23.5 Å². The molecule has 4 rings (SSSR count). The molecular formula is C21H20FN5O3S. The minimum Gasteiger partial charge on any atom is -0.342 e. The Morgan fingerprint density at radius 3 is 2.68 bits per heavy atom. The van der Waals surface area contributed by atoms with E-state index < -0.39 is 16.1 Å². The Morgan fingerprint density at radius 2 is 1.97 bits per heavy atom. The Morgan fingerprint density at radius 1 is 1.23 bits per heavy atom. The van der Waals surface area contributed by atoms with Gasteiger partial charge in [-0.05, 0) is 29.8 Å². The van der Waals surface area contributed by atoms with Gasteiger partial charge in [0.25, 0.3) is 10.0 Å². The Bertz CT molecular complexity index is 1250. The number of aromatic nitrogens is 2. The van der Waals surface area contributed by atoms with Gasteiger partial charge in [-0.2, -0.15) is 0 Å². The maximum absolute atomic E-state index is 13.3. The summed E-state index contributed by atoms with van der Waals surface area (Å²) in [6.07, 6.45) is 3.41. The largest absolute Gasteiger partial charge is 0.342 e. The molecule has 1 amide bonds. The number of aliphatic imine (C=N–C) groups is 1. The number of fused-ring (bicyclic) bond motifs is 1. The molecule has 1 atom stereocenters. The first-order valence-corrected chi connectivity index (χ1v) is 11.0. The van der Waals surface area contributed by atoms with Crippen LogP contribution in [0.5, 0.6) is 0 Å². The van der Waals surface area contributed by atoms with Crippen molar-refractivity contribution in [3.63, 3.8) is 0 Å². The minimum absolute atomic E-state index is 0.0372. The summed E-state index contributed by atoms with van der Waals surface area (Å²) in [4.78, 5) is 21.4. The number of sulfonamides is 1. The molecular weight excluding hydrogens is 421 g/mol. The van der Waals surface area contributed by atoms with Crippen LogP contribution < -0.4 is 10.0 Å². The molecule has 0 saturated heterocycles. The van der Waals surface area contributed by atoms with E-state index >= 15 is 0 Å². The van der Waals surface area contributed by atoms with Gasteiger partial charge in [0.15, 0.2) is 0 Å². The van der Waals surface area contributed by atoms with Gasteiger partial charge in [0.2, 0.25) is 5.91 Å². The molecule has 3 aromatic rings. The lowest BCUT2D eigenvalue weighted by Gasteiger charge is -2.19. The number of nitrogens with zero attached hydrogens (tertiary/aromatic N) is 3. The number of rotatable bonds is 6. The van der Waals surface area contributed by atoms with Gasteiger partial charge in [0.05, 0.1) is 11.4 Å². The lowest BCUT2D eigenvalue weighted by molar-refractivity contribution is -0.121. The number of carbonyl (C=O) groups excluding carboxylic acids is 1. The van der Waals surface area contributed by atoms with Crippen molar-refractivity contribution in [2.75, 3.05) is 6.54 Å². The van der Waals surface area contributed by atoms with E-state index in [0.29, 0.717) is 17.0 Å². The van der Waals surface area contributed by atoms with Crippen LogP contribution >= 0.6 is 0 Å². The Kier molecular flexibility index (Phi) is 5.55. The molecule has 2 aromatic carbocycles. The molecule has 0 spiro atoms. The van der Waals surface area contributed by atoms with Crippen LogP contribution in [0, 0.1) is 5.82 Å². The summed E-state index contributed by atoms with van der Waals surface area (Å²) >= 11 is 0. The predicted molar refractivity (Wildman–Crippen MR) is 112 cm³/mol. The zero-order valence-corrected chi connectivity index (χ0v) is 17.4. The van der Waals surface area contributed by atoms with E-state index in [2.05, 4.69) is 20.0 Å². The standard InChI is InChI=1S/C21H20FN5O3S/c1-27-13-12-24-21(27)19(14-6-8-15(22)9-7-14)25-18(28)10-11-23-20-16-4-2-3-5-17(16)31(29,30)26-20/h2-9,12-13,19H,10-11H2,1H3,(H,23,26)(H,25,28)/t19-/m1/s1. The zero-order chi connectivity index (χ0) is 22.0. The number of amides is 1. The molecule has 31 heavy (non-hydrogen) atoms. The summed E-state index contributed by atoms with van der Waals surface area (Å²) in [5.41, 5.74) is 1.17. The van der Waals surface area contributed by atoms with Gasteiger partial charge in [-0.25, -0.2) is 17.8 Å². The van der Waals surface area contributed by atoms with E-state index in [1.165, 1.54) is 18.2 Å². The normalized spacial score (nSPS) is 16.5. The highest BCUT2D eigenvalue weighted by Crippen LogP contribution is 2.23. The molecule has 0 unspecified atom stereocenters. The van der Waals surface area contributed by atoms with Crippen LogP contribution in [0.15, 0.2) is 70.8 Å². The maximum atomic E-state index is 13.3. The predicted octanol–water partition coefficient (Wildman–Crippen LogP) is 1.89. The number of halogens is 1. The van der Waals surface area contributed by atoms with Crippen molar-refractivity contribution in [2.45, 2.75) is 17.4 Å². The van der Waals surface area contributed by atoms with Crippen molar-refractivity contribution < 1.29 is 17.6 Å². The molecule has 0 saturated carbocycles. The van der Waals surface area contributed by atoms with Crippen molar-refractivity contribution in [2.24, 2.45) is 12.0 Å². The Balaban J connectivity index is 1.47. The lowest BCUT2D eigenvalue weighted by Crippen LogP contribution is -2.31. The third-order valence-electron chi connectivity index (χ3n) is 4.90. The number of carbonyl (C=O) groups is 1. The van der Waals surface area contributed by atoms with Crippen molar-refractivity contribution in [3.8, 4) is 0 Å². The van der Waals surface area contributed by atoms with Crippen molar-refractivity contribution >= 4 is 21.8 Å². The molecule has 8 nitrogen and oxygen atoms in total. The van der Waals surface area contributed by atoms with E-state index in [4.69, 9.17) is 0 Å². The number of hydrogen-bond donors (Lipinski definition) is 2. The van der Waals surface area contributed by atoms with Crippen molar-refractivity contribution in [3.05, 3.63) is 83.7 Å². The molecule has 0 fully saturated rings. The van der Waals surface area contributed by atoms with Crippen LogP contribution in [-0.2, 0) is 21.9 Å². The van der Waals surface area contributed by atoms with Gasteiger partial charge < -0.3 is 9.88 Å². The summed E-state index contributed by atoms with van der Waals surface area (Å²) in [6, 6.07) is 11.8. The van der Waals surface area contributed by atoms with E-state index in [1.54, 1.807) is 54.3 Å². The Hall–Kier alpha value is -3.53. The highest BCUT2D eigenvalue weighted by molar-refractivity contribution is 7.90. The number of nitrogens with one attached hydrogen (secondary N) is 2. The van der Waals surface area contributed by atoms with Crippen LogP contribution in [0.2, 0.25) is 0 Å². The highest BCUT2D eigenvalue weighted by atomic mass is 32.2. The fourth-order valence-electron chi connectivity index (χ4n) is 3.36. The fraction of sp³-hybridized carbons (Fsp3) is 0.190. The van der Waals surface area contributed by atoms with Crippen LogP contribution in [0.1, 0.15) is 29.4 Å². The van der Waals surface area contributed by atoms with E-state index in [1.807, 2.05) is 0 Å². The van der Waals surface area contributed by atoms with Crippen LogP contribution in [-0.4, -0.2) is 36.3 Å². The molecule has 160 valence electrons. The van der Waals surface area contributed by atoms with E-state index in [0.717, 1.165) is 0 Å². The highest BCUT2D eigenvalue weighted by Gasteiger charge is 2.30. The van der Waals surface area contributed by atoms with Gasteiger partial charge in [-0.3, -0.25) is 14.5 Å². The van der Waals surface area contributed by atoms with E-state index in [9.17, 15) is 17.6 Å². The fourth-order valence-corrected chi connectivity index (χ4v) is 4.61. The second-order valence-electron chi connectivity index (χ2n) is 7.03. The summed E-state index contributed by atoms with van der Waals surface area (Å²) in [5, 5.41) is 2.90. The monoisotopic (exact) mass is 441 g/mol. The third-order valence-corrected chi connectivity index (χ3v) is 6.29. The molecule has 10 heteroatoms.